The van der Waals surface area contributed by atoms with Crippen LogP contribution in [0, 0.1) is 0 Å². The van der Waals surface area contributed by atoms with Crippen molar-refractivity contribution in [3.63, 3.8) is 0 Å². The summed E-state index contributed by atoms with van der Waals surface area (Å²) in [6.07, 6.45) is 0. The van der Waals surface area contributed by atoms with Gasteiger partial charge in [-0.2, -0.15) is 0 Å². The summed E-state index contributed by atoms with van der Waals surface area (Å²) in [4.78, 5) is 24.0. The number of para-hydroxylation sites is 1. The van der Waals surface area contributed by atoms with Gasteiger partial charge in [-0.3, -0.25) is 25.8 Å². The molecule has 0 spiro atoms. The van der Waals surface area contributed by atoms with Crippen LogP contribution in [0.3, 0.4) is 0 Å². The molecule has 1 aromatic heterocycles. The molecule has 0 saturated carbocycles. The van der Waals surface area contributed by atoms with E-state index >= 15 is 0 Å². The van der Waals surface area contributed by atoms with Crippen LogP contribution in [0.5, 0.6) is 5.75 Å². The molecule has 0 radical (unpaired) electrons. The Balaban J connectivity index is 1.45. The van der Waals surface area contributed by atoms with E-state index in [1.165, 1.54) is 6.07 Å². The molecular formula is C20H16ClN3O4S. The van der Waals surface area contributed by atoms with Crippen molar-refractivity contribution in [3.8, 4) is 17.1 Å². The Morgan fingerprint density at radius 1 is 0.966 bits per heavy atom. The fourth-order valence-electron chi connectivity index (χ4n) is 2.25. The summed E-state index contributed by atoms with van der Waals surface area (Å²) in [5.74, 6) is 0.119. The minimum atomic E-state index is -0.558. The molecule has 2 amide bonds. The minimum Gasteiger partial charge on any atom is -0.484 e. The quantitative estimate of drug-likeness (QED) is 0.425. The van der Waals surface area contributed by atoms with Gasteiger partial charge in [-0.1, -0.05) is 29.8 Å². The van der Waals surface area contributed by atoms with Crippen LogP contribution in [0.1, 0.15) is 10.6 Å². The van der Waals surface area contributed by atoms with Gasteiger partial charge in [0.1, 0.15) is 11.5 Å². The largest absolute Gasteiger partial charge is 0.484 e. The first-order chi connectivity index (χ1) is 14.0. The predicted octanol–water partition coefficient (Wildman–Crippen LogP) is 3.31. The molecule has 29 heavy (non-hydrogen) atoms. The molecule has 0 aliphatic rings. The van der Waals surface area contributed by atoms with Crippen LogP contribution in [-0.4, -0.2) is 23.5 Å². The second-order valence-corrected chi connectivity index (χ2v) is 6.57. The normalized spacial score (nSPS) is 10.1. The minimum absolute atomic E-state index is 0.0674. The summed E-state index contributed by atoms with van der Waals surface area (Å²) in [6, 6.07) is 19.1. The van der Waals surface area contributed by atoms with Gasteiger partial charge in [0.15, 0.2) is 17.5 Å². The van der Waals surface area contributed by atoms with Gasteiger partial charge < -0.3 is 9.15 Å². The number of carbonyl (C=O) groups excluding carboxylic acids is 2. The van der Waals surface area contributed by atoms with Crippen LogP contribution in [-0.2, 0) is 4.79 Å². The van der Waals surface area contributed by atoms with E-state index in [4.69, 9.17) is 33.0 Å². The van der Waals surface area contributed by atoms with Gasteiger partial charge in [0.05, 0.1) is 0 Å². The molecule has 0 saturated heterocycles. The molecule has 0 bridgehead atoms. The van der Waals surface area contributed by atoms with Gasteiger partial charge in [0.2, 0.25) is 0 Å². The molecule has 3 N–H and O–H groups in total. The SMILES string of the molecule is O=C(COc1ccccc1)NNC(=S)NC(=O)c1ccc(-c2ccc(Cl)cc2)o1. The van der Waals surface area contributed by atoms with Crippen LogP contribution in [0.4, 0.5) is 0 Å². The molecule has 3 rings (SSSR count). The fraction of sp³-hybridized carbons (Fsp3) is 0.0500. The first-order valence-corrected chi connectivity index (χ1v) is 9.23. The lowest BCUT2D eigenvalue weighted by molar-refractivity contribution is -0.123. The van der Waals surface area contributed by atoms with Crippen molar-refractivity contribution in [2.45, 2.75) is 0 Å². The molecule has 3 aromatic rings. The number of hydrazine groups is 1. The lowest BCUT2D eigenvalue weighted by Crippen LogP contribution is -2.49. The van der Waals surface area contributed by atoms with E-state index in [2.05, 4.69) is 16.2 Å². The molecular weight excluding hydrogens is 414 g/mol. The Kier molecular flexibility index (Phi) is 6.83. The molecule has 0 atom stereocenters. The highest BCUT2D eigenvalue weighted by atomic mass is 35.5. The van der Waals surface area contributed by atoms with Gasteiger partial charge >= 0.3 is 0 Å². The molecule has 7 nitrogen and oxygen atoms in total. The van der Waals surface area contributed by atoms with Crippen molar-refractivity contribution in [1.29, 1.82) is 0 Å². The van der Waals surface area contributed by atoms with Gasteiger partial charge in [0.25, 0.3) is 11.8 Å². The van der Waals surface area contributed by atoms with E-state index in [1.54, 1.807) is 54.6 Å². The highest BCUT2D eigenvalue weighted by Crippen LogP contribution is 2.23. The molecule has 0 unspecified atom stereocenters. The number of hydrogen-bond acceptors (Lipinski definition) is 5. The van der Waals surface area contributed by atoms with Crippen LogP contribution < -0.4 is 20.9 Å². The fourth-order valence-corrected chi connectivity index (χ4v) is 2.52. The van der Waals surface area contributed by atoms with Crippen LogP contribution >= 0.6 is 23.8 Å². The predicted molar refractivity (Wildman–Crippen MR) is 112 cm³/mol. The average molecular weight is 430 g/mol. The maximum Gasteiger partial charge on any atom is 0.293 e. The lowest BCUT2D eigenvalue weighted by atomic mass is 10.2. The zero-order chi connectivity index (χ0) is 20.6. The maximum atomic E-state index is 12.2. The molecule has 2 aromatic carbocycles. The first-order valence-electron chi connectivity index (χ1n) is 8.45. The van der Waals surface area contributed by atoms with Gasteiger partial charge in [0, 0.05) is 10.6 Å². The van der Waals surface area contributed by atoms with E-state index in [0.717, 1.165) is 5.56 Å². The van der Waals surface area contributed by atoms with Crippen LogP contribution in [0.15, 0.2) is 71.1 Å². The number of rotatable bonds is 5. The maximum absolute atomic E-state index is 12.2. The van der Waals surface area contributed by atoms with E-state index in [1.807, 2.05) is 6.07 Å². The third-order valence-electron chi connectivity index (χ3n) is 3.61. The molecule has 0 fully saturated rings. The van der Waals surface area contributed by atoms with E-state index in [0.29, 0.717) is 16.5 Å². The summed E-state index contributed by atoms with van der Waals surface area (Å²) in [6.45, 7) is -0.212. The van der Waals surface area contributed by atoms with Crippen LogP contribution in [0.2, 0.25) is 5.02 Å². The highest BCUT2D eigenvalue weighted by molar-refractivity contribution is 7.80. The zero-order valence-electron chi connectivity index (χ0n) is 15.0. The number of furan rings is 1. The number of benzene rings is 2. The van der Waals surface area contributed by atoms with Crippen molar-refractivity contribution >= 4 is 40.7 Å². The van der Waals surface area contributed by atoms with Gasteiger partial charge in [-0.25, -0.2) is 0 Å². The van der Waals surface area contributed by atoms with Gasteiger partial charge in [-0.05, 0) is 60.7 Å². The third kappa shape index (κ3) is 6.06. The van der Waals surface area contributed by atoms with E-state index < -0.39 is 11.8 Å². The lowest BCUT2D eigenvalue weighted by Gasteiger charge is -2.10. The Bertz CT molecular complexity index is 1010. The number of carbonyl (C=O) groups is 2. The second kappa shape index (κ2) is 9.72. The monoisotopic (exact) mass is 429 g/mol. The Labute approximate surface area is 177 Å². The third-order valence-corrected chi connectivity index (χ3v) is 4.07. The summed E-state index contributed by atoms with van der Waals surface area (Å²) >= 11 is 10.8. The highest BCUT2D eigenvalue weighted by Gasteiger charge is 2.14. The van der Waals surface area contributed by atoms with Crippen molar-refractivity contribution < 1.29 is 18.7 Å². The number of thiocarbonyl (C=S) groups is 1. The number of halogens is 1. The van der Waals surface area contributed by atoms with Gasteiger partial charge in [-0.15, -0.1) is 0 Å². The van der Waals surface area contributed by atoms with Crippen LogP contribution in [0.25, 0.3) is 11.3 Å². The standard InChI is InChI=1S/C20H16ClN3O4S/c21-14-8-6-13(7-9-14)16-10-11-17(28-16)19(26)22-20(29)24-23-18(25)12-27-15-4-2-1-3-5-15/h1-11H,12H2,(H,23,25)(H2,22,24,26,29). The summed E-state index contributed by atoms with van der Waals surface area (Å²) in [5.41, 5.74) is 5.54. The summed E-state index contributed by atoms with van der Waals surface area (Å²) in [5, 5.41) is 2.92. The second-order valence-electron chi connectivity index (χ2n) is 5.73. The summed E-state index contributed by atoms with van der Waals surface area (Å²) < 4.78 is 10.8. The number of hydrogen-bond donors (Lipinski definition) is 3. The molecule has 0 aliphatic heterocycles. The first kappa shape index (κ1) is 20.4. The molecule has 148 valence electrons. The number of ether oxygens (including phenoxy) is 1. The van der Waals surface area contributed by atoms with E-state index in [9.17, 15) is 9.59 Å². The van der Waals surface area contributed by atoms with Crippen molar-refractivity contribution in [2.24, 2.45) is 0 Å². The van der Waals surface area contributed by atoms with E-state index in [-0.39, 0.29) is 17.5 Å². The Morgan fingerprint density at radius 3 is 2.41 bits per heavy atom. The molecule has 0 aliphatic carbocycles. The topological polar surface area (TPSA) is 92.6 Å². The van der Waals surface area contributed by atoms with Crippen molar-refractivity contribution in [3.05, 3.63) is 77.5 Å². The Morgan fingerprint density at radius 2 is 1.69 bits per heavy atom. The zero-order valence-corrected chi connectivity index (χ0v) is 16.5. The van der Waals surface area contributed by atoms with Crippen molar-refractivity contribution in [1.82, 2.24) is 16.2 Å². The Hall–Kier alpha value is -3.36. The van der Waals surface area contributed by atoms with Crippen molar-refractivity contribution in [2.75, 3.05) is 6.61 Å². The molecule has 1 heterocycles. The molecule has 9 heteroatoms. The number of nitrogens with one attached hydrogen (secondary N) is 3. The summed E-state index contributed by atoms with van der Waals surface area (Å²) in [7, 11) is 0. The number of amides is 2. The average Bonchev–Trinajstić information content (AvgIpc) is 3.22. The smallest absolute Gasteiger partial charge is 0.293 e.